The molecule has 1 aliphatic heterocycles. The number of ether oxygens (including phenoxy) is 1. The molecular formula is C25H19Br3N2O5. The van der Waals surface area contributed by atoms with E-state index < -0.39 is 23.8 Å². The van der Waals surface area contributed by atoms with Gasteiger partial charge in [-0.05, 0) is 89.5 Å². The molecule has 3 atom stereocenters. The number of carbonyl (C=O) groups is 4. The first-order valence-corrected chi connectivity index (χ1v) is 13.5. The van der Waals surface area contributed by atoms with E-state index in [1.807, 2.05) is 0 Å². The molecule has 10 heteroatoms. The second-order valence-electron chi connectivity index (χ2n) is 8.94. The summed E-state index contributed by atoms with van der Waals surface area (Å²) in [7, 11) is 0. The quantitative estimate of drug-likeness (QED) is 0.192. The molecule has 2 aliphatic carbocycles. The van der Waals surface area contributed by atoms with Crippen molar-refractivity contribution in [3.63, 3.8) is 0 Å². The highest BCUT2D eigenvalue weighted by atomic mass is 79.9. The lowest BCUT2D eigenvalue weighted by molar-refractivity contribution is -0.132. The summed E-state index contributed by atoms with van der Waals surface area (Å²) in [4.78, 5) is 52.8. The maximum atomic E-state index is 13.4. The number of fused-ring (bicyclic) bond motifs is 2. The molecule has 1 N–H and O–H groups in total. The molecule has 35 heavy (non-hydrogen) atoms. The summed E-state index contributed by atoms with van der Waals surface area (Å²) in [5.74, 6) is -1.07. The van der Waals surface area contributed by atoms with Crippen LogP contribution >= 0.6 is 47.8 Å². The lowest BCUT2D eigenvalue weighted by Crippen LogP contribution is -2.58. The molecule has 180 valence electrons. The van der Waals surface area contributed by atoms with Gasteiger partial charge in [-0.25, -0.2) is 9.59 Å². The number of hydrogen-bond acceptors (Lipinski definition) is 5. The Morgan fingerprint density at radius 2 is 1.74 bits per heavy atom. The summed E-state index contributed by atoms with van der Waals surface area (Å²) in [6, 6.07) is 9.14. The minimum Gasteiger partial charge on any atom is -0.421 e. The predicted octanol–water partition coefficient (Wildman–Crippen LogP) is 5.84. The van der Waals surface area contributed by atoms with Crippen molar-refractivity contribution in [3.05, 3.63) is 66.5 Å². The van der Waals surface area contributed by atoms with Crippen molar-refractivity contribution in [2.75, 3.05) is 0 Å². The number of nitrogens with one attached hydrogen (secondary N) is 1. The summed E-state index contributed by atoms with van der Waals surface area (Å²) in [6.07, 6.45) is 5.23. The monoisotopic (exact) mass is 664 g/mol. The number of imide groups is 2. The SMILES string of the molecule is O=C1NC(=O)N([C@H]2C[C@H]3CC[C@H]2C3)C(=O)/C1=C\c1cc(Br)cc(Br)c1OC(=O)c1ccc(Br)cc1. The van der Waals surface area contributed by atoms with E-state index in [0.29, 0.717) is 26.0 Å². The number of rotatable bonds is 4. The Morgan fingerprint density at radius 1 is 1.00 bits per heavy atom. The molecule has 4 amide bonds. The average Bonchev–Trinajstić information content (AvgIpc) is 3.43. The van der Waals surface area contributed by atoms with Crippen LogP contribution in [0.3, 0.4) is 0 Å². The largest absolute Gasteiger partial charge is 0.421 e. The first-order valence-electron chi connectivity index (χ1n) is 11.1. The predicted molar refractivity (Wildman–Crippen MR) is 139 cm³/mol. The molecule has 3 aliphatic rings. The number of nitrogens with zero attached hydrogens (tertiary/aromatic N) is 1. The third-order valence-electron chi connectivity index (χ3n) is 6.78. The Labute approximate surface area is 226 Å². The van der Waals surface area contributed by atoms with E-state index in [1.54, 1.807) is 36.4 Å². The van der Waals surface area contributed by atoms with Crippen molar-refractivity contribution in [1.29, 1.82) is 0 Å². The number of amides is 4. The standard InChI is InChI=1S/C25H19Br3N2O5/c26-16-5-3-13(4-6-16)24(33)35-21-15(9-17(27)11-19(21)28)10-18-22(31)29-25(34)30(23(18)32)20-8-12-1-2-14(20)7-12/h3-6,9-12,14,20H,1-2,7-8H2,(H,29,31,34)/b18-10-/t12-,14-,20-/m0/s1. The van der Waals surface area contributed by atoms with Gasteiger partial charge in [-0.1, -0.05) is 38.3 Å². The van der Waals surface area contributed by atoms with Gasteiger partial charge < -0.3 is 4.74 Å². The summed E-state index contributed by atoms with van der Waals surface area (Å²) in [6.45, 7) is 0. The van der Waals surface area contributed by atoms with Crippen molar-refractivity contribution >= 4 is 77.7 Å². The normalized spacial score (nSPS) is 24.8. The first-order chi connectivity index (χ1) is 16.7. The van der Waals surface area contributed by atoms with Gasteiger partial charge in [-0.15, -0.1) is 0 Å². The maximum absolute atomic E-state index is 13.4. The lowest BCUT2D eigenvalue weighted by atomic mass is 9.93. The molecule has 0 spiro atoms. The van der Waals surface area contributed by atoms with E-state index in [0.717, 1.165) is 30.2 Å². The topological polar surface area (TPSA) is 92.8 Å². The van der Waals surface area contributed by atoms with Crippen molar-refractivity contribution in [3.8, 4) is 5.75 Å². The van der Waals surface area contributed by atoms with Crippen LogP contribution in [0.2, 0.25) is 0 Å². The van der Waals surface area contributed by atoms with Gasteiger partial charge in [0.25, 0.3) is 11.8 Å². The van der Waals surface area contributed by atoms with Gasteiger partial charge in [0.2, 0.25) is 0 Å². The minimum absolute atomic E-state index is 0.151. The number of esters is 1. The van der Waals surface area contributed by atoms with Crippen LogP contribution in [0.25, 0.3) is 6.08 Å². The molecule has 5 rings (SSSR count). The summed E-state index contributed by atoms with van der Waals surface area (Å²) in [5, 5.41) is 2.31. The van der Waals surface area contributed by atoms with E-state index in [2.05, 4.69) is 53.1 Å². The summed E-state index contributed by atoms with van der Waals surface area (Å²) < 4.78 is 7.58. The molecule has 1 saturated heterocycles. The minimum atomic E-state index is -0.777. The molecule has 3 fully saturated rings. The number of halogens is 3. The van der Waals surface area contributed by atoms with Gasteiger partial charge in [0.1, 0.15) is 5.57 Å². The second kappa shape index (κ2) is 9.63. The fourth-order valence-corrected chi connectivity index (χ4v) is 6.79. The molecule has 7 nitrogen and oxygen atoms in total. The van der Waals surface area contributed by atoms with Crippen molar-refractivity contribution in [1.82, 2.24) is 10.2 Å². The smallest absolute Gasteiger partial charge is 0.343 e. The third-order valence-corrected chi connectivity index (χ3v) is 8.35. The highest BCUT2D eigenvalue weighted by Crippen LogP contribution is 2.47. The van der Waals surface area contributed by atoms with Crippen LogP contribution in [0.15, 0.2) is 55.4 Å². The van der Waals surface area contributed by atoms with E-state index in [1.165, 1.54) is 11.0 Å². The zero-order chi connectivity index (χ0) is 24.9. The Hall–Kier alpha value is -2.30. The third kappa shape index (κ3) is 4.75. The molecule has 0 unspecified atom stereocenters. The van der Waals surface area contributed by atoms with Gasteiger partial charge >= 0.3 is 12.0 Å². The molecule has 1 heterocycles. The Kier molecular flexibility index (Phi) is 6.71. The Bertz CT molecular complexity index is 1290. The number of hydrogen-bond donors (Lipinski definition) is 1. The van der Waals surface area contributed by atoms with Crippen molar-refractivity contribution < 1.29 is 23.9 Å². The van der Waals surface area contributed by atoms with E-state index in [9.17, 15) is 19.2 Å². The molecule has 0 aromatic heterocycles. The molecular weight excluding hydrogens is 648 g/mol. The van der Waals surface area contributed by atoms with Crippen LogP contribution in [0.4, 0.5) is 4.79 Å². The van der Waals surface area contributed by atoms with Gasteiger partial charge in [0.15, 0.2) is 5.75 Å². The van der Waals surface area contributed by atoms with Gasteiger partial charge in [-0.3, -0.25) is 19.8 Å². The van der Waals surface area contributed by atoms with Gasteiger partial charge in [0.05, 0.1) is 10.0 Å². The molecule has 2 bridgehead atoms. The number of urea groups is 1. The Balaban J connectivity index is 1.49. The lowest BCUT2D eigenvalue weighted by Gasteiger charge is -2.35. The summed E-state index contributed by atoms with van der Waals surface area (Å²) >= 11 is 10.1. The maximum Gasteiger partial charge on any atom is 0.343 e. The van der Waals surface area contributed by atoms with Crippen LogP contribution in [0.5, 0.6) is 5.75 Å². The van der Waals surface area contributed by atoms with Crippen LogP contribution < -0.4 is 10.1 Å². The zero-order valence-electron chi connectivity index (χ0n) is 18.2. The number of benzene rings is 2. The fourth-order valence-electron chi connectivity index (χ4n) is 5.19. The fraction of sp³-hybridized carbons (Fsp3) is 0.280. The number of barbiturate groups is 1. The van der Waals surface area contributed by atoms with Crippen LogP contribution in [0, 0.1) is 11.8 Å². The van der Waals surface area contributed by atoms with Gasteiger partial charge in [0, 0.05) is 20.6 Å². The van der Waals surface area contributed by atoms with E-state index >= 15 is 0 Å². The first kappa shape index (κ1) is 24.4. The highest BCUT2D eigenvalue weighted by Gasteiger charge is 2.49. The molecule has 2 aromatic rings. The van der Waals surface area contributed by atoms with Crippen LogP contribution in [-0.2, 0) is 9.59 Å². The van der Waals surface area contributed by atoms with Gasteiger partial charge in [-0.2, -0.15) is 0 Å². The van der Waals surface area contributed by atoms with Crippen LogP contribution in [-0.4, -0.2) is 34.8 Å². The average molecular weight is 667 g/mol. The molecule has 2 aromatic carbocycles. The second-order valence-corrected chi connectivity index (χ2v) is 11.6. The zero-order valence-corrected chi connectivity index (χ0v) is 23.0. The van der Waals surface area contributed by atoms with E-state index in [-0.39, 0.29) is 23.3 Å². The Morgan fingerprint density at radius 3 is 2.40 bits per heavy atom. The number of carbonyl (C=O) groups excluding carboxylic acids is 4. The molecule has 2 saturated carbocycles. The van der Waals surface area contributed by atoms with Crippen molar-refractivity contribution in [2.45, 2.75) is 31.7 Å². The summed E-state index contributed by atoms with van der Waals surface area (Å²) in [5.41, 5.74) is 0.483. The molecule has 0 radical (unpaired) electrons. The van der Waals surface area contributed by atoms with E-state index in [4.69, 9.17) is 4.74 Å². The van der Waals surface area contributed by atoms with Crippen molar-refractivity contribution in [2.24, 2.45) is 11.8 Å². The van der Waals surface area contributed by atoms with Crippen LogP contribution in [0.1, 0.15) is 41.6 Å². The highest BCUT2D eigenvalue weighted by molar-refractivity contribution is 9.11.